The van der Waals surface area contributed by atoms with Crippen LogP contribution in [-0.4, -0.2) is 19.9 Å². The first kappa shape index (κ1) is 13.6. The normalized spacial score (nSPS) is 9.83. The molecule has 0 bridgehead atoms. The Kier molecular flexibility index (Phi) is 10.4. The van der Waals surface area contributed by atoms with Gasteiger partial charge in [-0.15, -0.1) is 25.3 Å². The fourth-order valence-electron chi connectivity index (χ4n) is 0.376. The molecule has 12 heavy (non-hydrogen) atoms. The van der Waals surface area contributed by atoms with Crippen molar-refractivity contribution in [1.82, 2.24) is 0 Å². The van der Waals surface area contributed by atoms with E-state index < -0.39 is 0 Å². The molecule has 0 unspecified atom stereocenters. The van der Waals surface area contributed by atoms with E-state index in [0.29, 0.717) is 0 Å². The highest BCUT2D eigenvalue weighted by atomic mass is 33.1. The van der Waals surface area contributed by atoms with Crippen molar-refractivity contribution in [2.75, 3.05) is 11.5 Å². The molecule has 70 valence electrons. The predicted molar refractivity (Wildman–Crippen MR) is 77.3 cm³/mol. The quantitative estimate of drug-likeness (QED) is 0.314. The molecule has 0 aliphatic carbocycles. The standard InChI is InChI=1S/C6H10S6/c7-5(8)1-3-11-12-4-2-6(9)10/h1-4H2,(H,7,8)(H,9,10). The van der Waals surface area contributed by atoms with E-state index in [4.69, 9.17) is 24.4 Å². The summed E-state index contributed by atoms with van der Waals surface area (Å²) in [6.45, 7) is 0. The van der Waals surface area contributed by atoms with Crippen LogP contribution in [-0.2, 0) is 0 Å². The van der Waals surface area contributed by atoms with Crippen LogP contribution >= 0.6 is 71.3 Å². The molecule has 0 saturated heterocycles. The van der Waals surface area contributed by atoms with Crippen LogP contribution in [0.15, 0.2) is 0 Å². The molecule has 0 aliphatic rings. The van der Waals surface area contributed by atoms with E-state index in [-0.39, 0.29) is 0 Å². The van der Waals surface area contributed by atoms with Gasteiger partial charge in [0.15, 0.2) is 0 Å². The Labute approximate surface area is 103 Å². The molecule has 0 atom stereocenters. The third kappa shape index (κ3) is 11.6. The maximum atomic E-state index is 4.82. The van der Waals surface area contributed by atoms with Crippen molar-refractivity contribution in [2.24, 2.45) is 0 Å². The minimum Gasteiger partial charge on any atom is -0.136 e. The molecule has 0 aromatic rings. The summed E-state index contributed by atoms with van der Waals surface area (Å²) in [6, 6.07) is 0. The minimum atomic E-state index is 0.785. The Morgan fingerprint density at radius 1 is 0.917 bits per heavy atom. The van der Waals surface area contributed by atoms with Crippen LogP contribution in [0.1, 0.15) is 12.8 Å². The van der Waals surface area contributed by atoms with Crippen molar-refractivity contribution in [1.29, 1.82) is 0 Å². The lowest BCUT2D eigenvalue weighted by Crippen LogP contribution is -1.86. The Balaban J connectivity index is 3.01. The van der Waals surface area contributed by atoms with E-state index in [2.05, 4.69) is 25.3 Å². The van der Waals surface area contributed by atoms with Gasteiger partial charge in [0.05, 0.1) is 0 Å². The topological polar surface area (TPSA) is 0 Å². The second-order valence-electron chi connectivity index (χ2n) is 1.93. The largest absolute Gasteiger partial charge is 0.136 e. The smallest absolute Gasteiger partial charge is 0.0456 e. The molecule has 0 rings (SSSR count). The van der Waals surface area contributed by atoms with E-state index >= 15 is 0 Å². The third-order valence-corrected chi connectivity index (χ3v) is 4.15. The van der Waals surface area contributed by atoms with Crippen LogP contribution in [0.2, 0.25) is 0 Å². The number of hydrogen-bond donors (Lipinski definition) is 2. The van der Waals surface area contributed by atoms with Gasteiger partial charge in [-0.05, 0) is 12.8 Å². The summed E-state index contributed by atoms with van der Waals surface area (Å²) in [6.07, 6.45) is 1.81. The summed E-state index contributed by atoms with van der Waals surface area (Å²) >= 11 is 17.7. The molecule has 0 amide bonds. The molecule has 0 heterocycles. The zero-order valence-electron chi connectivity index (χ0n) is 6.36. The molecule has 0 nitrogen and oxygen atoms in total. The SMILES string of the molecule is S=C(S)CCSSCCC(=S)S. The van der Waals surface area contributed by atoms with Gasteiger partial charge in [-0.3, -0.25) is 0 Å². The van der Waals surface area contributed by atoms with E-state index in [9.17, 15) is 0 Å². The van der Waals surface area contributed by atoms with Gasteiger partial charge >= 0.3 is 0 Å². The second kappa shape index (κ2) is 9.15. The van der Waals surface area contributed by atoms with Crippen molar-refractivity contribution in [2.45, 2.75) is 12.8 Å². The summed E-state index contributed by atoms with van der Waals surface area (Å²) in [7, 11) is 3.62. The lowest BCUT2D eigenvalue weighted by Gasteiger charge is -1.98. The van der Waals surface area contributed by atoms with Gasteiger partial charge in [-0.1, -0.05) is 46.0 Å². The maximum absolute atomic E-state index is 4.82. The van der Waals surface area contributed by atoms with Crippen LogP contribution in [0.3, 0.4) is 0 Å². The van der Waals surface area contributed by atoms with Crippen LogP contribution in [0.5, 0.6) is 0 Å². The van der Waals surface area contributed by atoms with E-state index in [1.807, 2.05) is 21.6 Å². The van der Waals surface area contributed by atoms with Gasteiger partial charge in [0.2, 0.25) is 0 Å². The number of rotatable bonds is 7. The fraction of sp³-hybridized carbons (Fsp3) is 0.667. The average Bonchev–Trinajstić information content (AvgIpc) is 1.95. The Morgan fingerprint density at radius 3 is 1.50 bits per heavy atom. The highest BCUT2D eigenvalue weighted by Gasteiger charge is 1.94. The molecule has 0 radical (unpaired) electrons. The predicted octanol–water partition coefficient (Wildman–Crippen LogP) is 3.66. The van der Waals surface area contributed by atoms with Gasteiger partial charge in [0, 0.05) is 19.9 Å². The Bertz CT molecular complexity index is 136. The zero-order chi connectivity index (χ0) is 9.40. The summed E-state index contributed by atoms with van der Waals surface area (Å²) in [4.78, 5) is 0. The first-order valence-corrected chi connectivity index (χ1v) is 7.51. The highest BCUT2D eigenvalue weighted by Crippen LogP contribution is 2.23. The van der Waals surface area contributed by atoms with E-state index in [0.717, 1.165) is 32.7 Å². The average molecular weight is 275 g/mol. The highest BCUT2D eigenvalue weighted by molar-refractivity contribution is 8.76. The summed E-state index contributed by atoms with van der Waals surface area (Å²) in [5.41, 5.74) is 0. The monoisotopic (exact) mass is 274 g/mol. The van der Waals surface area contributed by atoms with E-state index in [1.54, 1.807) is 0 Å². The zero-order valence-corrected chi connectivity index (χ0v) is 11.4. The van der Waals surface area contributed by atoms with Crippen molar-refractivity contribution in [3.05, 3.63) is 0 Å². The first-order valence-electron chi connectivity index (χ1n) is 3.31. The van der Waals surface area contributed by atoms with Crippen LogP contribution in [0.4, 0.5) is 0 Å². The van der Waals surface area contributed by atoms with Gasteiger partial charge in [0.25, 0.3) is 0 Å². The van der Waals surface area contributed by atoms with Crippen molar-refractivity contribution >= 4 is 79.7 Å². The maximum Gasteiger partial charge on any atom is 0.0456 e. The van der Waals surface area contributed by atoms with Gasteiger partial charge in [0.1, 0.15) is 0 Å². The molecule has 0 saturated carbocycles. The van der Waals surface area contributed by atoms with Crippen LogP contribution in [0, 0.1) is 0 Å². The molecule has 0 N–H and O–H groups in total. The van der Waals surface area contributed by atoms with Gasteiger partial charge < -0.3 is 0 Å². The Morgan fingerprint density at radius 2 is 1.25 bits per heavy atom. The van der Waals surface area contributed by atoms with Crippen LogP contribution in [0.25, 0.3) is 0 Å². The summed E-state index contributed by atoms with van der Waals surface area (Å²) in [5, 5.41) is 0. The summed E-state index contributed by atoms with van der Waals surface area (Å²) in [5.74, 6) is 2.07. The minimum absolute atomic E-state index is 0.785. The fourth-order valence-corrected chi connectivity index (χ4v) is 3.38. The van der Waals surface area contributed by atoms with Gasteiger partial charge in [-0.25, -0.2) is 0 Å². The number of thiol groups is 2. The van der Waals surface area contributed by atoms with Crippen molar-refractivity contribution in [3.63, 3.8) is 0 Å². The molecule has 0 aliphatic heterocycles. The van der Waals surface area contributed by atoms with Gasteiger partial charge in [-0.2, -0.15) is 0 Å². The molecule has 0 spiro atoms. The molecular formula is C6H10S6. The lowest BCUT2D eigenvalue weighted by molar-refractivity contribution is 1.37. The van der Waals surface area contributed by atoms with Crippen molar-refractivity contribution < 1.29 is 0 Å². The molecule has 0 aromatic carbocycles. The van der Waals surface area contributed by atoms with Crippen LogP contribution < -0.4 is 0 Å². The Hall–Kier alpha value is 1.58. The molecule has 0 aromatic heterocycles. The number of hydrogen-bond acceptors (Lipinski definition) is 4. The molecule has 0 fully saturated rings. The second-order valence-corrected chi connectivity index (χ2v) is 7.30. The number of thiocarbonyl (C=S) groups is 2. The molecule has 6 heteroatoms. The lowest BCUT2D eigenvalue weighted by atomic mass is 10.6. The third-order valence-electron chi connectivity index (χ3n) is 0.882. The van der Waals surface area contributed by atoms with E-state index in [1.165, 1.54) is 0 Å². The van der Waals surface area contributed by atoms with Crippen molar-refractivity contribution in [3.8, 4) is 0 Å². The summed E-state index contributed by atoms with van der Waals surface area (Å²) < 4.78 is 1.57. The molecular weight excluding hydrogens is 264 g/mol. The first-order chi connectivity index (χ1) is 5.63.